The lowest BCUT2D eigenvalue weighted by Crippen LogP contribution is -1.82. The van der Waals surface area contributed by atoms with E-state index in [4.69, 9.17) is 0 Å². The number of hydrogen-bond donors (Lipinski definition) is 0. The lowest BCUT2D eigenvalue weighted by atomic mass is 10.1. The SMILES string of the molecule is Cc1cccc2cnc(I)cc12. The summed E-state index contributed by atoms with van der Waals surface area (Å²) in [5.74, 6) is 0. The molecule has 0 atom stereocenters. The Morgan fingerprint density at radius 2 is 2.17 bits per heavy atom. The number of nitrogens with zero attached hydrogens (tertiary/aromatic N) is 1. The maximum Gasteiger partial charge on any atom is 0.102 e. The smallest absolute Gasteiger partial charge is 0.102 e. The van der Waals surface area contributed by atoms with Gasteiger partial charge in [0.1, 0.15) is 3.70 Å². The summed E-state index contributed by atoms with van der Waals surface area (Å²) in [6.45, 7) is 2.12. The Bertz CT molecular complexity index is 423. The van der Waals surface area contributed by atoms with Gasteiger partial charge in [0.2, 0.25) is 0 Å². The number of pyridine rings is 1. The van der Waals surface area contributed by atoms with Crippen molar-refractivity contribution in [2.24, 2.45) is 0 Å². The van der Waals surface area contributed by atoms with Gasteiger partial charge >= 0.3 is 0 Å². The van der Waals surface area contributed by atoms with E-state index < -0.39 is 0 Å². The van der Waals surface area contributed by atoms with Crippen LogP contribution in [-0.2, 0) is 0 Å². The van der Waals surface area contributed by atoms with Crippen molar-refractivity contribution < 1.29 is 0 Å². The normalized spacial score (nSPS) is 10.5. The summed E-state index contributed by atoms with van der Waals surface area (Å²) < 4.78 is 1.05. The molecule has 0 radical (unpaired) electrons. The first-order chi connectivity index (χ1) is 5.77. The van der Waals surface area contributed by atoms with E-state index in [9.17, 15) is 0 Å². The molecule has 0 aliphatic rings. The topological polar surface area (TPSA) is 12.9 Å². The van der Waals surface area contributed by atoms with E-state index in [-0.39, 0.29) is 0 Å². The van der Waals surface area contributed by atoms with Crippen molar-refractivity contribution >= 4 is 33.4 Å². The molecule has 2 heteroatoms. The van der Waals surface area contributed by atoms with Crippen LogP contribution in [0, 0.1) is 10.6 Å². The van der Waals surface area contributed by atoms with Gasteiger partial charge < -0.3 is 0 Å². The van der Waals surface area contributed by atoms with Crippen LogP contribution in [0.2, 0.25) is 0 Å². The fourth-order valence-electron chi connectivity index (χ4n) is 1.30. The Morgan fingerprint density at radius 1 is 1.33 bits per heavy atom. The van der Waals surface area contributed by atoms with Gasteiger partial charge in [-0.1, -0.05) is 18.2 Å². The van der Waals surface area contributed by atoms with Crippen LogP contribution < -0.4 is 0 Å². The van der Waals surface area contributed by atoms with Crippen LogP contribution in [0.15, 0.2) is 30.5 Å². The molecule has 0 N–H and O–H groups in total. The van der Waals surface area contributed by atoms with Gasteiger partial charge in [-0.2, -0.15) is 0 Å². The zero-order chi connectivity index (χ0) is 8.55. The highest BCUT2D eigenvalue weighted by atomic mass is 127. The maximum absolute atomic E-state index is 4.24. The van der Waals surface area contributed by atoms with Gasteiger partial charge in [-0.3, -0.25) is 0 Å². The first kappa shape index (κ1) is 7.98. The van der Waals surface area contributed by atoms with Crippen molar-refractivity contribution in [3.63, 3.8) is 0 Å². The highest BCUT2D eigenvalue weighted by Crippen LogP contribution is 2.18. The van der Waals surface area contributed by atoms with Gasteiger partial charge in [-0.25, -0.2) is 4.98 Å². The van der Waals surface area contributed by atoms with Gasteiger partial charge in [0.15, 0.2) is 0 Å². The summed E-state index contributed by atoms with van der Waals surface area (Å²) in [5.41, 5.74) is 1.31. The van der Waals surface area contributed by atoms with Crippen LogP contribution >= 0.6 is 22.6 Å². The number of hydrogen-bond acceptors (Lipinski definition) is 1. The fourth-order valence-corrected chi connectivity index (χ4v) is 1.75. The van der Waals surface area contributed by atoms with Gasteiger partial charge in [-0.05, 0) is 46.5 Å². The Morgan fingerprint density at radius 3 is 3.00 bits per heavy atom. The quantitative estimate of drug-likeness (QED) is 0.529. The molecule has 1 aromatic carbocycles. The number of aryl methyl sites for hydroxylation is 1. The summed E-state index contributed by atoms with van der Waals surface area (Å²) >= 11 is 2.23. The second kappa shape index (κ2) is 3.01. The van der Waals surface area contributed by atoms with Gasteiger partial charge in [-0.15, -0.1) is 0 Å². The van der Waals surface area contributed by atoms with Crippen LogP contribution in [0.3, 0.4) is 0 Å². The largest absolute Gasteiger partial charge is 0.250 e. The van der Waals surface area contributed by atoms with Crippen molar-refractivity contribution in [1.82, 2.24) is 4.98 Å². The molecule has 0 fully saturated rings. The summed E-state index contributed by atoms with van der Waals surface area (Å²) in [4.78, 5) is 4.24. The lowest BCUT2D eigenvalue weighted by molar-refractivity contribution is 1.30. The van der Waals surface area contributed by atoms with Crippen molar-refractivity contribution in [2.75, 3.05) is 0 Å². The highest BCUT2D eigenvalue weighted by molar-refractivity contribution is 14.1. The van der Waals surface area contributed by atoms with Crippen molar-refractivity contribution in [2.45, 2.75) is 6.92 Å². The van der Waals surface area contributed by atoms with Gasteiger partial charge in [0, 0.05) is 11.6 Å². The first-order valence-corrected chi connectivity index (χ1v) is 4.86. The van der Waals surface area contributed by atoms with Crippen LogP contribution in [0.1, 0.15) is 5.56 Å². The number of rotatable bonds is 0. The molecule has 1 aromatic heterocycles. The molecule has 2 aromatic rings. The first-order valence-electron chi connectivity index (χ1n) is 3.78. The third kappa shape index (κ3) is 1.31. The monoisotopic (exact) mass is 269 g/mol. The molecule has 0 unspecified atom stereocenters. The molecular weight excluding hydrogens is 261 g/mol. The van der Waals surface area contributed by atoms with Crippen LogP contribution in [0.4, 0.5) is 0 Å². The predicted molar refractivity (Wildman–Crippen MR) is 59.2 cm³/mol. The maximum atomic E-state index is 4.24. The Kier molecular flexibility index (Phi) is 2.00. The Labute approximate surface area is 85.0 Å². The minimum atomic E-state index is 1.05. The second-order valence-corrected chi connectivity index (χ2v) is 3.91. The summed E-state index contributed by atoms with van der Waals surface area (Å²) in [6.07, 6.45) is 1.92. The number of benzene rings is 1. The number of halogens is 1. The molecule has 60 valence electrons. The summed E-state index contributed by atoms with van der Waals surface area (Å²) in [6, 6.07) is 8.39. The molecule has 1 nitrogen and oxygen atoms in total. The minimum Gasteiger partial charge on any atom is -0.250 e. The third-order valence-corrected chi connectivity index (χ3v) is 2.54. The van der Waals surface area contributed by atoms with E-state index in [1.54, 1.807) is 0 Å². The van der Waals surface area contributed by atoms with Crippen molar-refractivity contribution in [3.8, 4) is 0 Å². The van der Waals surface area contributed by atoms with E-state index in [0.717, 1.165) is 3.70 Å². The second-order valence-electron chi connectivity index (χ2n) is 2.80. The number of aromatic nitrogens is 1. The molecule has 12 heavy (non-hydrogen) atoms. The van der Waals surface area contributed by atoms with E-state index in [1.807, 2.05) is 6.20 Å². The minimum absolute atomic E-state index is 1.05. The Balaban J connectivity index is 2.88. The molecule has 0 saturated carbocycles. The van der Waals surface area contributed by atoms with Crippen LogP contribution in [-0.4, -0.2) is 4.98 Å². The van der Waals surface area contributed by atoms with Crippen molar-refractivity contribution in [1.29, 1.82) is 0 Å². The fraction of sp³-hybridized carbons (Fsp3) is 0.100. The Hall–Kier alpha value is -0.640. The summed E-state index contributed by atoms with van der Waals surface area (Å²) in [5, 5.41) is 2.52. The zero-order valence-electron chi connectivity index (χ0n) is 6.71. The van der Waals surface area contributed by atoms with E-state index in [1.165, 1.54) is 16.3 Å². The predicted octanol–water partition coefficient (Wildman–Crippen LogP) is 3.15. The average molecular weight is 269 g/mol. The van der Waals surface area contributed by atoms with Crippen LogP contribution in [0.5, 0.6) is 0 Å². The van der Waals surface area contributed by atoms with Crippen molar-refractivity contribution in [3.05, 3.63) is 39.7 Å². The molecule has 0 saturated heterocycles. The molecule has 0 spiro atoms. The summed E-state index contributed by atoms with van der Waals surface area (Å²) in [7, 11) is 0. The number of fused-ring (bicyclic) bond motifs is 1. The molecule has 0 aliphatic carbocycles. The van der Waals surface area contributed by atoms with Gasteiger partial charge in [0.05, 0.1) is 0 Å². The van der Waals surface area contributed by atoms with E-state index in [0.29, 0.717) is 0 Å². The molecular formula is C10H8IN. The van der Waals surface area contributed by atoms with Crippen LogP contribution in [0.25, 0.3) is 10.8 Å². The van der Waals surface area contributed by atoms with E-state index >= 15 is 0 Å². The molecule has 0 amide bonds. The lowest BCUT2D eigenvalue weighted by Gasteiger charge is -2.00. The molecule has 0 bridgehead atoms. The standard InChI is InChI=1S/C10H8IN/c1-7-3-2-4-8-6-12-10(11)5-9(7)8/h2-6H,1H3. The average Bonchev–Trinajstić information content (AvgIpc) is 2.07. The zero-order valence-corrected chi connectivity index (χ0v) is 8.87. The molecule has 0 aliphatic heterocycles. The third-order valence-electron chi connectivity index (χ3n) is 1.95. The van der Waals surface area contributed by atoms with E-state index in [2.05, 4.69) is 58.8 Å². The molecule has 2 rings (SSSR count). The molecule has 1 heterocycles. The highest BCUT2D eigenvalue weighted by Gasteiger charge is 1.96. The van der Waals surface area contributed by atoms with Gasteiger partial charge in [0.25, 0.3) is 0 Å².